The third kappa shape index (κ3) is 2.82. The van der Waals surface area contributed by atoms with Crippen molar-refractivity contribution in [3.63, 3.8) is 0 Å². The first-order valence-electron chi connectivity index (χ1n) is 4.75. The molecule has 0 spiro atoms. The Morgan fingerprint density at radius 2 is 2.25 bits per heavy atom. The van der Waals surface area contributed by atoms with Gasteiger partial charge in [-0.15, -0.1) is 0 Å². The number of carboxylic acids is 1. The number of aliphatic carboxylic acids is 1. The van der Waals surface area contributed by atoms with Gasteiger partial charge in [0.2, 0.25) is 0 Å². The monoisotopic (exact) mass is 246 g/mol. The summed E-state index contributed by atoms with van der Waals surface area (Å²) in [5.41, 5.74) is 0. The van der Waals surface area contributed by atoms with E-state index in [1.807, 2.05) is 0 Å². The summed E-state index contributed by atoms with van der Waals surface area (Å²) in [6.07, 6.45) is 3.51. The van der Waals surface area contributed by atoms with Gasteiger partial charge in [0.05, 0.1) is 5.75 Å². The molecule has 1 rings (SSSR count). The zero-order chi connectivity index (χ0) is 12.3. The predicted molar refractivity (Wildman–Crippen MR) is 57.8 cm³/mol. The van der Waals surface area contributed by atoms with Crippen LogP contribution in [0.15, 0.2) is 12.4 Å². The standard InChI is InChI=1S/C9H14N2O4S/c1-7(9(12)13)16(14,15)6-3-8-10-4-5-11(8)2/h4-5,7H,3,6H2,1-2H3,(H,12,13). The van der Waals surface area contributed by atoms with E-state index in [9.17, 15) is 13.2 Å². The summed E-state index contributed by atoms with van der Waals surface area (Å²) >= 11 is 0. The highest BCUT2D eigenvalue weighted by atomic mass is 32.2. The second-order valence-corrected chi connectivity index (χ2v) is 5.99. The van der Waals surface area contributed by atoms with Crippen LogP contribution in [0.25, 0.3) is 0 Å². The summed E-state index contributed by atoms with van der Waals surface area (Å²) in [6.45, 7) is 1.18. The quantitative estimate of drug-likeness (QED) is 0.780. The minimum absolute atomic E-state index is 0.203. The molecule has 0 aliphatic carbocycles. The van der Waals surface area contributed by atoms with Crippen LogP contribution in [0.4, 0.5) is 0 Å². The maximum Gasteiger partial charge on any atom is 0.321 e. The molecule has 0 aromatic carbocycles. The van der Waals surface area contributed by atoms with Crippen molar-refractivity contribution < 1.29 is 18.3 Å². The SMILES string of the molecule is CC(C(=O)O)S(=O)(=O)CCc1nccn1C. The summed E-state index contributed by atoms with van der Waals surface area (Å²) in [5, 5.41) is 7.26. The highest BCUT2D eigenvalue weighted by Crippen LogP contribution is 2.06. The first kappa shape index (κ1) is 12.7. The number of hydrogen-bond donors (Lipinski definition) is 1. The third-order valence-corrected chi connectivity index (χ3v) is 4.47. The zero-order valence-electron chi connectivity index (χ0n) is 9.12. The summed E-state index contributed by atoms with van der Waals surface area (Å²) < 4.78 is 24.8. The minimum atomic E-state index is -3.61. The van der Waals surface area contributed by atoms with Gasteiger partial charge in [0, 0.05) is 25.9 Å². The van der Waals surface area contributed by atoms with Gasteiger partial charge in [-0.25, -0.2) is 13.4 Å². The largest absolute Gasteiger partial charge is 0.480 e. The van der Waals surface area contributed by atoms with Crippen molar-refractivity contribution in [1.82, 2.24) is 9.55 Å². The lowest BCUT2D eigenvalue weighted by Crippen LogP contribution is -2.30. The van der Waals surface area contributed by atoms with Crippen LogP contribution in [0.2, 0.25) is 0 Å². The van der Waals surface area contributed by atoms with Gasteiger partial charge in [0.15, 0.2) is 15.1 Å². The highest BCUT2D eigenvalue weighted by Gasteiger charge is 2.27. The van der Waals surface area contributed by atoms with Crippen LogP contribution in [-0.2, 0) is 28.1 Å². The Bertz CT molecular complexity index is 477. The van der Waals surface area contributed by atoms with E-state index >= 15 is 0 Å². The van der Waals surface area contributed by atoms with E-state index in [2.05, 4.69) is 4.98 Å². The Morgan fingerprint density at radius 1 is 1.62 bits per heavy atom. The third-order valence-electron chi connectivity index (χ3n) is 2.42. The second kappa shape index (κ2) is 4.65. The van der Waals surface area contributed by atoms with E-state index in [0.29, 0.717) is 5.82 Å². The second-order valence-electron chi connectivity index (χ2n) is 3.55. The number of aromatic nitrogens is 2. The summed E-state index contributed by atoms with van der Waals surface area (Å²) in [7, 11) is -1.85. The van der Waals surface area contributed by atoms with Crippen molar-refractivity contribution in [2.24, 2.45) is 7.05 Å². The average Bonchev–Trinajstić information content (AvgIpc) is 2.60. The van der Waals surface area contributed by atoms with Crippen LogP contribution in [0, 0.1) is 0 Å². The molecule has 1 unspecified atom stereocenters. The smallest absolute Gasteiger partial charge is 0.321 e. The van der Waals surface area contributed by atoms with Crippen LogP contribution >= 0.6 is 0 Å². The molecule has 0 aliphatic heterocycles. The zero-order valence-corrected chi connectivity index (χ0v) is 9.94. The van der Waals surface area contributed by atoms with Crippen molar-refractivity contribution in [1.29, 1.82) is 0 Å². The molecule has 0 saturated heterocycles. The first-order valence-corrected chi connectivity index (χ1v) is 6.46. The van der Waals surface area contributed by atoms with Crippen molar-refractivity contribution >= 4 is 15.8 Å². The highest BCUT2D eigenvalue weighted by molar-refractivity contribution is 7.92. The Labute approximate surface area is 93.8 Å². The van der Waals surface area contributed by atoms with E-state index < -0.39 is 21.1 Å². The molecule has 0 bridgehead atoms. The molecule has 0 radical (unpaired) electrons. The summed E-state index contributed by atoms with van der Waals surface area (Å²) in [4.78, 5) is 14.5. The van der Waals surface area contributed by atoms with E-state index in [1.165, 1.54) is 6.92 Å². The number of aryl methyl sites for hydroxylation is 2. The molecule has 90 valence electrons. The Balaban J connectivity index is 2.69. The van der Waals surface area contributed by atoms with Crippen LogP contribution in [0.5, 0.6) is 0 Å². The lowest BCUT2D eigenvalue weighted by atomic mass is 10.4. The summed E-state index contributed by atoms with van der Waals surface area (Å²) in [5.74, 6) is -0.897. The normalized spacial score (nSPS) is 13.6. The van der Waals surface area contributed by atoms with Gasteiger partial charge >= 0.3 is 5.97 Å². The number of carboxylic acid groups (broad SMARTS) is 1. The Morgan fingerprint density at radius 3 is 2.69 bits per heavy atom. The van der Waals surface area contributed by atoms with Gasteiger partial charge < -0.3 is 9.67 Å². The Hall–Kier alpha value is -1.37. The molecule has 0 aliphatic rings. The Kier molecular flexibility index (Phi) is 3.69. The van der Waals surface area contributed by atoms with Gasteiger partial charge in [0.25, 0.3) is 0 Å². The lowest BCUT2D eigenvalue weighted by Gasteiger charge is -2.08. The van der Waals surface area contributed by atoms with E-state index in [0.717, 1.165) is 0 Å². The number of imidazole rings is 1. The molecular formula is C9H14N2O4S. The fourth-order valence-corrected chi connectivity index (χ4v) is 2.33. The van der Waals surface area contributed by atoms with Gasteiger partial charge in [0.1, 0.15) is 5.82 Å². The van der Waals surface area contributed by atoms with Crippen LogP contribution in [0.1, 0.15) is 12.7 Å². The molecule has 16 heavy (non-hydrogen) atoms. The summed E-state index contributed by atoms with van der Waals surface area (Å²) in [6, 6.07) is 0. The molecular weight excluding hydrogens is 232 g/mol. The molecule has 1 aromatic heterocycles. The topological polar surface area (TPSA) is 89.3 Å². The molecule has 1 atom stereocenters. The number of rotatable bonds is 5. The molecule has 6 nitrogen and oxygen atoms in total. The van der Waals surface area contributed by atoms with Crippen molar-refractivity contribution in [2.45, 2.75) is 18.6 Å². The van der Waals surface area contributed by atoms with Gasteiger partial charge in [-0.05, 0) is 6.92 Å². The van der Waals surface area contributed by atoms with Gasteiger partial charge in [-0.2, -0.15) is 0 Å². The fourth-order valence-electron chi connectivity index (χ4n) is 1.20. The minimum Gasteiger partial charge on any atom is -0.480 e. The predicted octanol–water partition coefficient (Wildman–Crippen LogP) is -0.150. The molecule has 0 amide bonds. The van der Waals surface area contributed by atoms with E-state index in [4.69, 9.17) is 5.11 Å². The number of nitrogens with zero attached hydrogens (tertiary/aromatic N) is 2. The lowest BCUT2D eigenvalue weighted by molar-refractivity contribution is -0.136. The number of carbonyl (C=O) groups is 1. The van der Waals surface area contributed by atoms with Crippen molar-refractivity contribution in [3.8, 4) is 0 Å². The molecule has 0 saturated carbocycles. The fraction of sp³-hybridized carbons (Fsp3) is 0.556. The van der Waals surface area contributed by atoms with Crippen molar-refractivity contribution in [3.05, 3.63) is 18.2 Å². The average molecular weight is 246 g/mol. The van der Waals surface area contributed by atoms with Crippen molar-refractivity contribution in [2.75, 3.05) is 5.75 Å². The molecule has 0 fully saturated rings. The van der Waals surface area contributed by atoms with E-state index in [-0.39, 0.29) is 12.2 Å². The molecule has 1 heterocycles. The maximum atomic E-state index is 11.6. The van der Waals surface area contributed by atoms with Crippen LogP contribution < -0.4 is 0 Å². The van der Waals surface area contributed by atoms with Crippen LogP contribution in [-0.4, -0.2) is 40.0 Å². The number of sulfone groups is 1. The van der Waals surface area contributed by atoms with E-state index in [1.54, 1.807) is 24.0 Å². The van der Waals surface area contributed by atoms with Gasteiger partial charge in [-0.3, -0.25) is 4.79 Å². The molecule has 7 heteroatoms. The first-order chi connectivity index (χ1) is 7.34. The molecule has 1 N–H and O–H groups in total. The molecule has 1 aromatic rings. The maximum absolute atomic E-state index is 11.6. The number of hydrogen-bond acceptors (Lipinski definition) is 4. The van der Waals surface area contributed by atoms with Gasteiger partial charge in [-0.1, -0.05) is 0 Å². The van der Waals surface area contributed by atoms with Crippen LogP contribution in [0.3, 0.4) is 0 Å².